The van der Waals surface area contributed by atoms with Gasteiger partial charge in [-0.15, -0.1) is 0 Å². The molecule has 37 heavy (non-hydrogen) atoms. The van der Waals surface area contributed by atoms with Crippen molar-refractivity contribution in [1.82, 2.24) is 25.8 Å². The molecule has 0 bridgehead atoms. The first-order chi connectivity index (χ1) is 18.0. The Labute approximate surface area is 216 Å². The van der Waals surface area contributed by atoms with E-state index in [1.807, 2.05) is 0 Å². The number of piperidine rings is 2. The number of hydrogen-bond acceptors (Lipinski definition) is 9. The molecular weight excluding hydrogens is 476 g/mol. The van der Waals surface area contributed by atoms with E-state index in [-0.39, 0.29) is 29.4 Å². The van der Waals surface area contributed by atoms with E-state index in [1.165, 1.54) is 12.8 Å². The fourth-order valence-corrected chi connectivity index (χ4v) is 5.74. The van der Waals surface area contributed by atoms with Crippen LogP contribution in [0.3, 0.4) is 0 Å². The summed E-state index contributed by atoms with van der Waals surface area (Å²) in [5, 5.41) is 11.4. The van der Waals surface area contributed by atoms with E-state index in [9.17, 15) is 19.2 Å². The Morgan fingerprint density at radius 2 is 1.62 bits per heavy atom. The average Bonchev–Trinajstić information content (AvgIpc) is 3.18. The minimum Gasteiger partial charge on any atom is -0.382 e. The van der Waals surface area contributed by atoms with Crippen molar-refractivity contribution in [2.24, 2.45) is 0 Å². The summed E-state index contributed by atoms with van der Waals surface area (Å²) in [6.07, 6.45) is 3.07. The molecule has 0 saturated carbocycles. The van der Waals surface area contributed by atoms with E-state index in [0.717, 1.165) is 51.9 Å². The summed E-state index contributed by atoms with van der Waals surface area (Å²) in [7, 11) is 0. The SMILES string of the molecule is O=C1CCC(c2cc3c(cc2NCCOCCN2CCN(C4CCNCC4)CC2)C(=O)NC3=O)C(=O)N1. The highest BCUT2D eigenvalue weighted by molar-refractivity contribution is 6.22. The molecule has 4 aliphatic rings. The van der Waals surface area contributed by atoms with Crippen LogP contribution in [0.5, 0.6) is 0 Å². The van der Waals surface area contributed by atoms with Crippen LogP contribution in [0.15, 0.2) is 12.1 Å². The monoisotopic (exact) mass is 512 g/mol. The second kappa shape index (κ2) is 11.7. The molecule has 200 valence electrons. The summed E-state index contributed by atoms with van der Waals surface area (Å²) >= 11 is 0. The summed E-state index contributed by atoms with van der Waals surface area (Å²) < 4.78 is 5.87. The Kier molecular flexibility index (Phi) is 8.14. The maximum Gasteiger partial charge on any atom is 0.259 e. The Morgan fingerprint density at radius 1 is 0.892 bits per heavy atom. The molecule has 1 aromatic rings. The molecule has 4 N–H and O–H groups in total. The van der Waals surface area contributed by atoms with Gasteiger partial charge in [0.2, 0.25) is 11.8 Å². The number of hydrogen-bond donors (Lipinski definition) is 4. The lowest BCUT2D eigenvalue weighted by Crippen LogP contribution is -2.53. The highest BCUT2D eigenvalue weighted by Gasteiger charge is 2.34. The van der Waals surface area contributed by atoms with Gasteiger partial charge in [0.05, 0.1) is 30.3 Å². The molecule has 4 heterocycles. The maximum atomic E-state index is 12.5. The molecule has 4 amide bonds. The molecule has 4 aliphatic heterocycles. The number of amides is 4. The lowest BCUT2D eigenvalue weighted by molar-refractivity contribution is -0.134. The molecule has 0 aromatic heterocycles. The Bertz CT molecular complexity index is 1050. The topological polar surface area (TPSA) is 132 Å². The first-order valence-corrected chi connectivity index (χ1v) is 13.4. The molecule has 11 heteroatoms. The molecule has 1 aromatic carbocycles. The Morgan fingerprint density at radius 3 is 2.35 bits per heavy atom. The summed E-state index contributed by atoms with van der Waals surface area (Å²) in [6.45, 7) is 9.08. The Hall–Kier alpha value is -2.86. The highest BCUT2D eigenvalue weighted by Crippen LogP contribution is 2.34. The van der Waals surface area contributed by atoms with Gasteiger partial charge in [-0.05, 0) is 50.0 Å². The number of anilines is 1. The van der Waals surface area contributed by atoms with Crippen molar-refractivity contribution in [3.05, 3.63) is 28.8 Å². The lowest BCUT2D eigenvalue weighted by Gasteiger charge is -2.40. The van der Waals surface area contributed by atoms with Crippen molar-refractivity contribution >= 4 is 29.3 Å². The van der Waals surface area contributed by atoms with Crippen LogP contribution >= 0.6 is 0 Å². The van der Waals surface area contributed by atoms with Gasteiger partial charge in [-0.3, -0.25) is 39.6 Å². The van der Waals surface area contributed by atoms with Crippen LogP contribution < -0.4 is 21.3 Å². The maximum absolute atomic E-state index is 12.5. The van der Waals surface area contributed by atoms with Crippen molar-refractivity contribution in [2.45, 2.75) is 37.6 Å². The number of fused-ring (bicyclic) bond motifs is 1. The van der Waals surface area contributed by atoms with Gasteiger partial charge in [0.25, 0.3) is 11.8 Å². The number of nitrogens with zero attached hydrogens (tertiary/aromatic N) is 2. The van der Waals surface area contributed by atoms with E-state index in [1.54, 1.807) is 12.1 Å². The van der Waals surface area contributed by atoms with Crippen LogP contribution in [-0.4, -0.2) is 105 Å². The van der Waals surface area contributed by atoms with Gasteiger partial charge in [0, 0.05) is 57.4 Å². The van der Waals surface area contributed by atoms with Crippen molar-refractivity contribution in [3.63, 3.8) is 0 Å². The minimum absolute atomic E-state index is 0.229. The van der Waals surface area contributed by atoms with Gasteiger partial charge >= 0.3 is 0 Å². The van der Waals surface area contributed by atoms with Gasteiger partial charge < -0.3 is 15.4 Å². The lowest BCUT2D eigenvalue weighted by atomic mass is 9.87. The number of imide groups is 2. The number of carbonyl (C=O) groups is 4. The van der Waals surface area contributed by atoms with Crippen LogP contribution in [0.2, 0.25) is 0 Å². The Balaban J connectivity index is 1.10. The van der Waals surface area contributed by atoms with Crippen molar-refractivity contribution < 1.29 is 23.9 Å². The summed E-state index contributed by atoms with van der Waals surface area (Å²) in [5.74, 6) is -2.18. The number of benzene rings is 1. The molecule has 1 atom stereocenters. The number of ether oxygens (including phenoxy) is 1. The normalized spacial score (nSPS) is 23.6. The number of piperazine rings is 1. The summed E-state index contributed by atoms with van der Waals surface area (Å²) in [5.41, 5.74) is 1.76. The third kappa shape index (κ3) is 6.01. The zero-order chi connectivity index (χ0) is 25.8. The van der Waals surface area contributed by atoms with Gasteiger partial charge in [0.15, 0.2) is 0 Å². The van der Waals surface area contributed by atoms with Gasteiger partial charge in [-0.2, -0.15) is 0 Å². The highest BCUT2D eigenvalue weighted by atomic mass is 16.5. The number of nitrogens with one attached hydrogen (secondary N) is 4. The minimum atomic E-state index is -0.571. The molecule has 0 radical (unpaired) electrons. The van der Waals surface area contributed by atoms with E-state index < -0.39 is 17.7 Å². The zero-order valence-electron chi connectivity index (χ0n) is 21.1. The van der Waals surface area contributed by atoms with Crippen molar-refractivity contribution in [2.75, 3.05) is 70.9 Å². The molecule has 11 nitrogen and oxygen atoms in total. The van der Waals surface area contributed by atoms with Crippen LogP contribution in [0.1, 0.15) is 57.9 Å². The molecule has 0 aliphatic carbocycles. The van der Waals surface area contributed by atoms with Gasteiger partial charge in [-0.25, -0.2) is 0 Å². The third-order valence-corrected chi connectivity index (χ3v) is 7.87. The second-order valence-corrected chi connectivity index (χ2v) is 10.2. The molecule has 3 fully saturated rings. The van der Waals surface area contributed by atoms with E-state index in [0.29, 0.717) is 37.4 Å². The van der Waals surface area contributed by atoms with E-state index in [4.69, 9.17) is 4.74 Å². The first kappa shape index (κ1) is 25.8. The number of carbonyl (C=O) groups excluding carboxylic acids is 4. The second-order valence-electron chi connectivity index (χ2n) is 10.2. The van der Waals surface area contributed by atoms with Crippen LogP contribution in [0.4, 0.5) is 5.69 Å². The average molecular weight is 513 g/mol. The van der Waals surface area contributed by atoms with Crippen LogP contribution in [-0.2, 0) is 14.3 Å². The van der Waals surface area contributed by atoms with E-state index >= 15 is 0 Å². The number of rotatable bonds is 9. The van der Waals surface area contributed by atoms with Gasteiger partial charge in [0.1, 0.15) is 0 Å². The fraction of sp³-hybridized carbons (Fsp3) is 0.615. The summed E-state index contributed by atoms with van der Waals surface area (Å²) in [4.78, 5) is 53.6. The molecule has 1 unspecified atom stereocenters. The molecular formula is C26H36N6O5. The predicted octanol–water partition coefficient (Wildman–Crippen LogP) is -0.111. The quantitative estimate of drug-likeness (QED) is 0.264. The smallest absolute Gasteiger partial charge is 0.259 e. The van der Waals surface area contributed by atoms with Crippen molar-refractivity contribution in [1.29, 1.82) is 0 Å². The molecule has 3 saturated heterocycles. The van der Waals surface area contributed by atoms with E-state index in [2.05, 4.69) is 31.1 Å². The standard InChI is InChI=1S/C26H36N6O5/c33-23-2-1-18(24(34)29-23)19-15-20-21(26(36)30-25(20)35)16-22(19)28-7-13-37-14-12-31-8-10-32(11-9-31)17-3-5-27-6-4-17/h15-18,27-28H,1-14H2,(H,29,33,34)(H,30,35,36). The largest absolute Gasteiger partial charge is 0.382 e. The third-order valence-electron chi connectivity index (χ3n) is 7.87. The van der Waals surface area contributed by atoms with Crippen LogP contribution in [0.25, 0.3) is 0 Å². The fourth-order valence-electron chi connectivity index (χ4n) is 5.74. The molecule has 0 spiro atoms. The van der Waals surface area contributed by atoms with Crippen LogP contribution in [0, 0.1) is 0 Å². The zero-order valence-corrected chi connectivity index (χ0v) is 21.1. The van der Waals surface area contributed by atoms with Crippen molar-refractivity contribution in [3.8, 4) is 0 Å². The predicted molar refractivity (Wildman–Crippen MR) is 137 cm³/mol. The first-order valence-electron chi connectivity index (χ1n) is 13.4. The molecule has 5 rings (SSSR count). The van der Waals surface area contributed by atoms with Gasteiger partial charge in [-0.1, -0.05) is 0 Å². The summed E-state index contributed by atoms with van der Waals surface area (Å²) in [6, 6.07) is 3.94.